The maximum Gasteiger partial charge on any atom is 0.335 e. The monoisotopic (exact) mass is 598 g/mol. The second-order valence-corrected chi connectivity index (χ2v) is 10.1. The van der Waals surface area contributed by atoms with Crippen LogP contribution in [0.4, 0.5) is 11.4 Å². The van der Waals surface area contributed by atoms with Gasteiger partial charge in [-0.15, -0.1) is 0 Å². The summed E-state index contributed by atoms with van der Waals surface area (Å²) < 4.78 is 12.1. The third kappa shape index (κ3) is 8.75. The molecule has 0 radical (unpaired) electrons. The van der Waals surface area contributed by atoms with Crippen molar-refractivity contribution in [3.05, 3.63) is 155 Å². The standard InChI is InChI=1S/C37H30N2O6/c1-25(45-35-20-6-27(7-21-35)23-39-33-16-12-31(13-17-33)37(42)43)29-8-2-28(3-9-29)24-44-34-18-4-26(5-19-34)22-38-32-14-10-30(11-15-32)36(40)41/h2-23,25H,24H2,1H3,(H,40,41)(H,42,43). The van der Waals surface area contributed by atoms with Crippen molar-refractivity contribution in [3.8, 4) is 11.5 Å². The molecule has 0 aromatic heterocycles. The van der Waals surface area contributed by atoms with Crippen LogP contribution in [-0.2, 0) is 6.61 Å². The molecule has 0 amide bonds. The third-order valence-electron chi connectivity index (χ3n) is 6.88. The Hall–Kier alpha value is -6.02. The normalized spacial score (nSPS) is 11.8. The minimum absolute atomic E-state index is 0.156. The third-order valence-corrected chi connectivity index (χ3v) is 6.88. The number of carboxylic acid groups (broad SMARTS) is 2. The maximum absolute atomic E-state index is 11.0. The Morgan fingerprint density at radius 1 is 0.622 bits per heavy atom. The Morgan fingerprint density at radius 3 is 1.51 bits per heavy atom. The molecule has 1 atom stereocenters. The Kier molecular flexibility index (Phi) is 9.77. The van der Waals surface area contributed by atoms with E-state index in [1.54, 1.807) is 36.7 Å². The van der Waals surface area contributed by atoms with Crippen LogP contribution in [0.5, 0.6) is 11.5 Å². The number of rotatable bonds is 12. The SMILES string of the molecule is CC(Oc1ccc(C=Nc2ccc(C(=O)O)cc2)cc1)c1ccc(COc2ccc(C=Nc3ccc(C(=O)O)cc3)cc2)cc1. The van der Waals surface area contributed by atoms with Crippen LogP contribution < -0.4 is 9.47 Å². The van der Waals surface area contributed by atoms with Gasteiger partial charge in [-0.05, 0) is 126 Å². The van der Waals surface area contributed by atoms with Crippen molar-refractivity contribution in [1.82, 2.24) is 0 Å². The predicted octanol–water partition coefficient (Wildman–Crippen LogP) is 8.30. The minimum atomic E-state index is -0.964. The summed E-state index contributed by atoms with van der Waals surface area (Å²) in [5.41, 5.74) is 5.66. The van der Waals surface area contributed by atoms with E-state index < -0.39 is 11.9 Å². The van der Waals surface area contributed by atoms with E-state index in [4.69, 9.17) is 19.7 Å². The molecule has 0 fully saturated rings. The number of carbonyl (C=O) groups is 2. The van der Waals surface area contributed by atoms with Crippen LogP contribution in [0.25, 0.3) is 0 Å². The average Bonchev–Trinajstić information content (AvgIpc) is 3.07. The highest BCUT2D eigenvalue weighted by molar-refractivity contribution is 5.89. The highest BCUT2D eigenvalue weighted by Crippen LogP contribution is 2.23. The highest BCUT2D eigenvalue weighted by Gasteiger charge is 2.08. The number of hydrogen-bond donors (Lipinski definition) is 2. The van der Waals surface area contributed by atoms with Crippen LogP contribution >= 0.6 is 0 Å². The average molecular weight is 599 g/mol. The van der Waals surface area contributed by atoms with Gasteiger partial charge >= 0.3 is 11.9 Å². The van der Waals surface area contributed by atoms with Gasteiger partial charge in [0.05, 0.1) is 22.5 Å². The Bertz CT molecular complexity index is 1790. The summed E-state index contributed by atoms with van der Waals surface area (Å²) in [6.07, 6.45) is 3.28. The zero-order valence-electron chi connectivity index (χ0n) is 24.4. The number of ether oxygens (including phenoxy) is 2. The highest BCUT2D eigenvalue weighted by atomic mass is 16.5. The van der Waals surface area contributed by atoms with Gasteiger partial charge in [0, 0.05) is 12.4 Å². The molecule has 0 aliphatic heterocycles. The Morgan fingerprint density at radius 2 is 1.07 bits per heavy atom. The van der Waals surface area contributed by atoms with Gasteiger partial charge < -0.3 is 19.7 Å². The summed E-state index contributed by atoms with van der Waals surface area (Å²) in [5, 5.41) is 18.0. The van der Waals surface area contributed by atoms with E-state index in [1.165, 1.54) is 24.3 Å². The molecule has 0 heterocycles. The van der Waals surface area contributed by atoms with Gasteiger partial charge in [0.2, 0.25) is 0 Å². The second-order valence-electron chi connectivity index (χ2n) is 10.1. The number of aromatic carboxylic acids is 2. The molecule has 0 saturated heterocycles. The van der Waals surface area contributed by atoms with E-state index in [2.05, 4.69) is 9.98 Å². The summed E-state index contributed by atoms with van der Waals surface area (Å²) in [4.78, 5) is 30.7. The van der Waals surface area contributed by atoms with Gasteiger partial charge in [0.25, 0.3) is 0 Å². The van der Waals surface area contributed by atoms with E-state index in [9.17, 15) is 9.59 Å². The van der Waals surface area contributed by atoms with Gasteiger partial charge in [0.1, 0.15) is 24.2 Å². The molecule has 8 heteroatoms. The number of carboxylic acids is 2. The van der Waals surface area contributed by atoms with Gasteiger partial charge in [-0.3, -0.25) is 9.98 Å². The number of nitrogens with zero attached hydrogens (tertiary/aromatic N) is 2. The van der Waals surface area contributed by atoms with Crippen molar-refractivity contribution in [2.24, 2.45) is 9.98 Å². The Labute approximate surface area is 260 Å². The van der Waals surface area contributed by atoms with Crippen LogP contribution in [-0.4, -0.2) is 34.6 Å². The van der Waals surface area contributed by atoms with E-state index in [0.29, 0.717) is 18.0 Å². The fraction of sp³-hybridized carbons (Fsp3) is 0.0811. The zero-order valence-corrected chi connectivity index (χ0v) is 24.4. The molecule has 5 rings (SSSR count). The van der Waals surface area contributed by atoms with Crippen LogP contribution in [0.1, 0.15) is 56.0 Å². The van der Waals surface area contributed by atoms with Gasteiger partial charge in [0.15, 0.2) is 0 Å². The molecule has 8 nitrogen and oxygen atoms in total. The molecular weight excluding hydrogens is 568 g/mol. The molecule has 5 aromatic rings. The fourth-order valence-electron chi connectivity index (χ4n) is 4.28. The fourth-order valence-corrected chi connectivity index (χ4v) is 4.28. The van der Waals surface area contributed by atoms with Gasteiger partial charge in [-0.1, -0.05) is 24.3 Å². The lowest BCUT2D eigenvalue weighted by Crippen LogP contribution is -2.04. The first-order chi connectivity index (χ1) is 21.8. The summed E-state index contributed by atoms with van der Waals surface area (Å²) in [5.74, 6) is -0.451. The van der Waals surface area contributed by atoms with Crippen molar-refractivity contribution in [1.29, 1.82) is 0 Å². The molecule has 0 aliphatic rings. The van der Waals surface area contributed by atoms with E-state index in [1.807, 2.05) is 79.7 Å². The molecule has 0 aliphatic carbocycles. The van der Waals surface area contributed by atoms with Crippen LogP contribution in [0, 0.1) is 0 Å². The quantitative estimate of drug-likeness (QED) is 0.140. The first-order valence-corrected chi connectivity index (χ1v) is 14.2. The van der Waals surface area contributed by atoms with E-state index >= 15 is 0 Å². The number of hydrogen-bond acceptors (Lipinski definition) is 6. The summed E-state index contributed by atoms with van der Waals surface area (Å²) in [7, 11) is 0. The molecule has 5 aromatic carbocycles. The van der Waals surface area contributed by atoms with Crippen LogP contribution in [0.2, 0.25) is 0 Å². The largest absolute Gasteiger partial charge is 0.489 e. The van der Waals surface area contributed by atoms with Gasteiger partial charge in [-0.25, -0.2) is 9.59 Å². The lowest BCUT2D eigenvalue weighted by atomic mass is 10.1. The molecule has 0 spiro atoms. The van der Waals surface area contributed by atoms with Crippen molar-refractivity contribution in [2.75, 3.05) is 0 Å². The van der Waals surface area contributed by atoms with Crippen LogP contribution in [0.3, 0.4) is 0 Å². The molecule has 0 bridgehead atoms. The first kappa shape index (κ1) is 30.4. The minimum Gasteiger partial charge on any atom is -0.489 e. The lowest BCUT2D eigenvalue weighted by Gasteiger charge is -2.16. The smallest absolute Gasteiger partial charge is 0.335 e. The number of benzene rings is 5. The summed E-state index contributed by atoms with van der Waals surface area (Å²) in [6, 6.07) is 36.1. The van der Waals surface area contributed by atoms with Crippen LogP contribution in [0.15, 0.2) is 131 Å². The molecule has 1 unspecified atom stereocenters. The van der Waals surface area contributed by atoms with Gasteiger partial charge in [-0.2, -0.15) is 0 Å². The lowest BCUT2D eigenvalue weighted by molar-refractivity contribution is 0.0686. The molecular formula is C37H30N2O6. The van der Waals surface area contributed by atoms with E-state index in [-0.39, 0.29) is 17.2 Å². The van der Waals surface area contributed by atoms with Crippen molar-refractivity contribution in [2.45, 2.75) is 19.6 Å². The topological polar surface area (TPSA) is 118 Å². The van der Waals surface area contributed by atoms with Crippen molar-refractivity contribution < 1.29 is 29.3 Å². The van der Waals surface area contributed by atoms with E-state index in [0.717, 1.165) is 33.8 Å². The molecule has 0 saturated carbocycles. The zero-order chi connectivity index (χ0) is 31.6. The van der Waals surface area contributed by atoms with Crippen molar-refractivity contribution in [3.63, 3.8) is 0 Å². The summed E-state index contributed by atoms with van der Waals surface area (Å²) in [6.45, 7) is 2.42. The summed E-state index contributed by atoms with van der Waals surface area (Å²) >= 11 is 0. The van der Waals surface area contributed by atoms with Crippen molar-refractivity contribution >= 4 is 35.7 Å². The molecule has 224 valence electrons. The molecule has 2 N–H and O–H groups in total. The predicted molar refractivity (Wildman–Crippen MR) is 174 cm³/mol. The second kappa shape index (κ2) is 14.4. The Balaban J connectivity index is 1.08. The number of aliphatic imine (C=N–C) groups is 2. The first-order valence-electron chi connectivity index (χ1n) is 14.2. The maximum atomic E-state index is 11.0. The molecule has 45 heavy (non-hydrogen) atoms.